The van der Waals surface area contributed by atoms with Crippen LogP contribution in [0.1, 0.15) is 6.92 Å². The molecule has 2 heterocycles. The number of hydrogen-bond donors (Lipinski definition) is 2. The van der Waals surface area contributed by atoms with Gasteiger partial charge in [-0.1, -0.05) is 36.0 Å². The maximum atomic E-state index is 12.7. The number of imidazole rings is 1. The predicted molar refractivity (Wildman–Crippen MR) is 106 cm³/mol. The lowest BCUT2D eigenvalue weighted by Crippen LogP contribution is -2.23. The Morgan fingerprint density at radius 3 is 2.74 bits per heavy atom. The number of fused-ring (bicyclic) bond motifs is 1. The van der Waals surface area contributed by atoms with Crippen LogP contribution in [-0.2, 0) is 11.8 Å². The molecule has 1 unspecified atom stereocenters. The number of para-hydroxylation sites is 3. The summed E-state index contributed by atoms with van der Waals surface area (Å²) in [6, 6.07) is 15.5. The number of aromatic nitrogens is 5. The van der Waals surface area contributed by atoms with Crippen molar-refractivity contribution in [3.63, 3.8) is 0 Å². The number of nitrogens with zero attached hydrogens (tertiary/aromatic N) is 4. The van der Waals surface area contributed by atoms with Gasteiger partial charge in [-0.25, -0.2) is 4.98 Å². The number of carbonyl (C=O) groups excluding carboxylic acids is 1. The molecule has 1 atom stereocenters. The second-order valence-electron chi connectivity index (χ2n) is 6.12. The number of amides is 1. The minimum atomic E-state index is -0.323. The number of rotatable bonds is 5. The minimum absolute atomic E-state index is 0.105. The van der Waals surface area contributed by atoms with E-state index in [-0.39, 0.29) is 11.2 Å². The van der Waals surface area contributed by atoms with Gasteiger partial charge in [-0.05, 0) is 31.2 Å². The first-order chi connectivity index (χ1) is 13.1. The molecule has 0 aliphatic rings. The van der Waals surface area contributed by atoms with Crippen molar-refractivity contribution < 1.29 is 4.79 Å². The van der Waals surface area contributed by atoms with E-state index in [0.29, 0.717) is 10.8 Å². The smallest absolute Gasteiger partial charge is 0.237 e. The molecule has 0 aliphatic carbocycles. The summed E-state index contributed by atoms with van der Waals surface area (Å²) in [6.07, 6.45) is 1.61. The van der Waals surface area contributed by atoms with Crippen molar-refractivity contribution in [2.45, 2.75) is 17.3 Å². The highest BCUT2D eigenvalue weighted by molar-refractivity contribution is 8.00. The van der Waals surface area contributed by atoms with E-state index in [1.165, 1.54) is 11.8 Å². The van der Waals surface area contributed by atoms with E-state index in [9.17, 15) is 4.79 Å². The highest BCUT2D eigenvalue weighted by atomic mass is 32.2. The second-order valence-corrected chi connectivity index (χ2v) is 7.43. The molecule has 0 aliphatic heterocycles. The van der Waals surface area contributed by atoms with Gasteiger partial charge in [-0.15, -0.1) is 10.2 Å². The zero-order chi connectivity index (χ0) is 18.8. The summed E-state index contributed by atoms with van der Waals surface area (Å²) < 4.78 is 1.79. The molecule has 136 valence electrons. The SMILES string of the molecule is CC(Sc1nncn1C)C(=O)Nc1ccccc1-c1nc2ccccc2[nH]1. The Labute approximate surface area is 160 Å². The van der Waals surface area contributed by atoms with Crippen LogP contribution in [0.3, 0.4) is 0 Å². The lowest BCUT2D eigenvalue weighted by Gasteiger charge is -2.13. The normalized spacial score (nSPS) is 12.2. The van der Waals surface area contributed by atoms with Crippen LogP contribution >= 0.6 is 11.8 Å². The quantitative estimate of drug-likeness (QED) is 0.519. The van der Waals surface area contributed by atoms with Crippen LogP contribution in [0.4, 0.5) is 5.69 Å². The molecule has 1 amide bonds. The molecule has 0 saturated carbocycles. The molecule has 0 radical (unpaired) electrons. The van der Waals surface area contributed by atoms with E-state index < -0.39 is 0 Å². The van der Waals surface area contributed by atoms with Gasteiger partial charge < -0.3 is 14.9 Å². The summed E-state index contributed by atoms with van der Waals surface area (Å²) in [6.45, 7) is 1.85. The molecule has 8 heteroatoms. The van der Waals surface area contributed by atoms with E-state index in [4.69, 9.17) is 0 Å². The molecule has 4 rings (SSSR count). The molecule has 0 fully saturated rings. The molecular formula is C19H18N6OS. The third-order valence-corrected chi connectivity index (χ3v) is 5.30. The number of aromatic amines is 1. The van der Waals surface area contributed by atoms with E-state index in [1.54, 1.807) is 10.9 Å². The Balaban J connectivity index is 1.57. The number of benzene rings is 2. The van der Waals surface area contributed by atoms with Gasteiger partial charge in [0.25, 0.3) is 0 Å². The number of H-pyrrole nitrogens is 1. The monoisotopic (exact) mass is 378 g/mol. The van der Waals surface area contributed by atoms with Crippen molar-refractivity contribution in [1.29, 1.82) is 0 Å². The van der Waals surface area contributed by atoms with Crippen LogP contribution in [0.25, 0.3) is 22.4 Å². The summed E-state index contributed by atoms with van der Waals surface area (Å²) >= 11 is 1.36. The van der Waals surface area contributed by atoms with E-state index in [0.717, 1.165) is 22.4 Å². The summed E-state index contributed by atoms with van der Waals surface area (Å²) in [5.41, 5.74) is 3.41. The first-order valence-electron chi connectivity index (χ1n) is 8.47. The van der Waals surface area contributed by atoms with Crippen molar-refractivity contribution in [3.8, 4) is 11.4 Å². The molecule has 27 heavy (non-hydrogen) atoms. The zero-order valence-electron chi connectivity index (χ0n) is 14.9. The topological polar surface area (TPSA) is 88.5 Å². The molecule has 0 spiro atoms. The van der Waals surface area contributed by atoms with Gasteiger partial charge in [-0.3, -0.25) is 4.79 Å². The zero-order valence-corrected chi connectivity index (χ0v) is 15.7. The molecule has 2 aromatic heterocycles. The van der Waals surface area contributed by atoms with E-state index >= 15 is 0 Å². The average Bonchev–Trinajstić information content (AvgIpc) is 3.28. The van der Waals surface area contributed by atoms with Crippen LogP contribution in [-0.4, -0.2) is 35.9 Å². The molecule has 4 aromatic rings. The van der Waals surface area contributed by atoms with Crippen molar-refractivity contribution >= 4 is 34.4 Å². The van der Waals surface area contributed by atoms with Gasteiger partial charge in [0.05, 0.1) is 22.0 Å². The van der Waals surface area contributed by atoms with Gasteiger partial charge >= 0.3 is 0 Å². The highest BCUT2D eigenvalue weighted by Gasteiger charge is 2.19. The maximum Gasteiger partial charge on any atom is 0.237 e. The molecule has 7 nitrogen and oxygen atoms in total. The summed E-state index contributed by atoms with van der Waals surface area (Å²) in [5, 5.41) is 11.2. The maximum absolute atomic E-state index is 12.7. The number of thioether (sulfide) groups is 1. The first kappa shape index (κ1) is 17.3. The minimum Gasteiger partial charge on any atom is -0.338 e. The van der Waals surface area contributed by atoms with Crippen molar-refractivity contribution in [2.75, 3.05) is 5.32 Å². The lowest BCUT2D eigenvalue weighted by molar-refractivity contribution is -0.115. The molecule has 2 aromatic carbocycles. The van der Waals surface area contributed by atoms with Crippen LogP contribution < -0.4 is 5.32 Å². The summed E-state index contributed by atoms with van der Waals surface area (Å²) in [5.74, 6) is 0.618. The van der Waals surface area contributed by atoms with Gasteiger partial charge in [0.1, 0.15) is 12.2 Å². The van der Waals surface area contributed by atoms with E-state index in [1.807, 2.05) is 62.5 Å². The summed E-state index contributed by atoms with van der Waals surface area (Å²) in [4.78, 5) is 20.6. The Bertz CT molecular complexity index is 1070. The van der Waals surface area contributed by atoms with Crippen molar-refractivity contribution in [1.82, 2.24) is 24.7 Å². The van der Waals surface area contributed by atoms with Crippen LogP contribution in [0.5, 0.6) is 0 Å². The predicted octanol–water partition coefficient (Wildman–Crippen LogP) is 3.48. The second kappa shape index (κ2) is 7.24. The van der Waals surface area contributed by atoms with Gasteiger partial charge in [0, 0.05) is 12.6 Å². The molecule has 0 saturated heterocycles. The number of anilines is 1. The fraction of sp³-hybridized carbons (Fsp3) is 0.158. The third kappa shape index (κ3) is 3.56. The standard InChI is InChI=1S/C19H18N6OS/c1-12(27-19-24-20-11-25(19)2)18(26)23-14-8-4-3-7-13(14)17-21-15-9-5-6-10-16(15)22-17/h3-12H,1-2H3,(H,21,22)(H,23,26). The Morgan fingerprint density at radius 2 is 1.96 bits per heavy atom. The number of aryl methyl sites for hydroxylation is 1. The van der Waals surface area contributed by atoms with Crippen LogP contribution in [0, 0.1) is 0 Å². The number of nitrogens with one attached hydrogen (secondary N) is 2. The molecule has 2 N–H and O–H groups in total. The Morgan fingerprint density at radius 1 is 1.19 bits per heavy atom. The largest absolute Gasteiger partial charge is 0.338 e. The highest BCUT2D eigenvalue weighted by Crippen LogP contribution is 2.29. The number of hydrogen-bond acceptors (Lipinski definition) is 5. The van der Waals surface area contributed by atoms with Crippen LogP contribution in [0.2, 0.25) is 0 Å². The van der Waals surface area contributed by atoms with Crippen molar-refractivity contribution in [3.05, 3.63) is 54.9 Å². The summed E-state index contributed by atoms with van der Waals surface area (Å²) in [7, 11) is 1.85. The Kier molecular flexibility index (Phi) is 4.64. The van der Waals surface area contributed by atoms with Crippen LogP contribution in [0.15, 0.2) is 60.0 Å². The Hall–Kier alpha value is -3.13. The van der Waals surface area contributed by atoms with E-state index in [2.05, 4.69) is 25.5 Å². The lowest BCUT2D eigenvalue weighted by atomic mass is 10.1. The molecule has 0 bridgehead atoms. The first-order valence-corrected chi connectivity index (χ1v) is 9.35. The van der Waals surface area contributed by atoms with Gasteiger partial charge in [-0.2, -0.15) is 0 Å². The van der Waals surface area contributed by atoms with Crippen molar-refractivity contribution in [2.24, 2.45) is 7.05 Å². The average molecular weight is 378 g/mol. The third-order valence-electron chi connectivity index (χ3n) is 4.15. The fourth-order valence-corrected chi connectivity index (χ4v) is 3.49. The van der Waals surface area contributed by atoms with Gasteiger partial charge in [0.2, 0.25) is 5.91 Å². The molecular weight excluding hydrogens is 360 g/mol. The van der Waals surface area contributed by atoms with Gasteiger partial charge in [0.15, 0.2) is 5.16 Å². The fourth-order valence-electron chi connectivity index (χ4n) is 2.70. The number of carbonyl (C=O) groups is 1.